The zero-order valence-corrected chi connectivity index (χ0v) is 17.0. The summed E-state index contributed by atoms with van der Waals surface area (Å²) in [6.07, 6.45) is 5.73. The topological polar surface area (TPSA) is 38.8 Å². The fourth-order valence-corrected chi connectivity index (χ4v) is 5.67. The number of hydrogen-bond acceptors (Lipinski definition) is 4. The van der Waals surface area contributed by atoms with Crippen molar-refractivity contribution in [3.8, 4) is 16.9 Å². The van der Waals surface area contributed by atoms with Crippen LogP contribution in [0.25, 0.3) is 17.2 Å². The molecule has 4 nitrogen and oxygen atoms in total. The van der Waals surface area contributed by atoms with E-state index >= 15 is 0 Å². The highest BCUT2D eigenvalue weighted by atomic mass is 16.5. The quantitative estimate of drug-likeness (QED) is 0.727. The maximum atomic E-state index is 12.5. The molecular formula is C25H27NO3. The molecule has 4 saturated heterocycles. The number of piperidine rings is 3. The molecular weight excluding hydrogens is 362 g/mol. The second-order valence-corrected chi connectivity index (χ2v) is 8.44. The number of esters is 1. The fourth-order valence-electron chi connectivity index (χ4n) is 5.67. The van der Waals surface area contributed by atoms with Crippen molar-refractivity contribution >= 4 is 12.0 Å². The summed E-state index contributed by atoms with van der Waals surface area (Å²) in [6, 6.07) is 17.8. The van der Waals surface area contributed by atoms with E-state index in [0.29, 0.717) is 18.0 Å². The number of nitrogens with zero attached hydrogens (tertiary/aromatic N) is 1. The lowest BCUT2D eigenvalue weighted by atomic mass is 9.71. The fraction of sp³-hybridized carbons (Fsp3) is 0.400. The van der Waals surface area contributed by atoms with E-state index < -0.39 is 0 Å². The van der Waals surface area contributed by atoms with Crippen LogP contribution in [0.4, 0.5) is 0 Å². The lowest BCUT2D eigenvalue weighted by Crippen LogP contribution is -2.58. The van der Waals surface area contributed by atoms with Gasteiger partial charge in [-0.1, -0.05) is 48.0 Å². The molecule has 2 aromatic rings. The van der Waals surface area contributed by atoms with Gasteiger partial charge in [-0.05, 0) is 54.0 Å². The molecule has 5 atom stereocenters. The zero-order valence-electron chi connectivity index (χ0n) is 17.0. The first-order valence-electron chi connectivity index (χ1n) is 10.5. The molecule has 0 spiro atoms. The monoisotopic (exact) mass is 389 g/mol. The summed E-state index contributed by atoms with van der Waals surface area (Å²) in [5.41, 5.74) is 4.89. The van der Waals surface area contributed by atoms with Gasteiger partial charge in [0.05, 0.1) is 20.1 Å². The summed E-state index contributed by atoms with van der Waals surface area (Å²) >= 11 is 0. The first-order chi connectivity index (χ1) is 14.2. The maximum Gasteiger partial charge on any atom is 0.310 e. The molecule has 5 unspecified atom stereocenters. The Bertz CT molecular complexity index is 949. The second kappa shape index (κ2) is 7.34. The number of benzene rings is 2. The third kappa shape index (κ3) is 3.16. The predicted molar refractivity (Wildman–Crippen MR) is 114 cm³/mol. The van der Waals surface area contributed by atoms with Gasteiger partial charge in [-0.25, -0.2) is 0 Å². The Hall–Kier alpha value is -2.59. The van der Waals surface area contributed by atoms with Crippen LogP contribution in [-0.4, -0.2) is 43.7 Å². The molecule has 4 aliphatic rings. The van der Waals surface area contributed by atoms with Crippen LogP contribution in [0.15, 0.2) is 54.1 Å². The van der Waals surface area contributed by atoms with Crippen molar-refractivity contribution in [2.24, 2.45) is 11.8 Å². The first kappa shape index (κ1) is 18.4. The van der Waals surface area contributed by atoms with E-state index in [9.17, 15) is 4.79 Å². The Labute approximate surface area is 172 Å². The Balaban J connectivity index is 1.41. The van der Waals surface area contributed by atoms with E-state index in [1.807, 2.05) is 12.1 Å². The highest BCUT2D eigenvalue weighted by Gasteiger charge is 2.55. The minimum Gasteiger partial charge on any atom is -0.497 e. The molecule has 6 rings (SSSR count). The van der Waals surface area contributed by atoms with Crippen molar-refractivity contribution in [3.05, 3.63) is 59.7 Å². The van der Waals surface area contributed by atoms with Gasteiger partial charge >= 0.3 is 5.97 Å². The molecule has 4 heterocycles. The summed E-state index contributed by atoms with van der Waals surface area (Å²) in [5.74, 6) is 1.14. The molecule has 0 radical (unpaired) electrons. The van der Waals surface area contributed by atoms with Crippen LogP contribution >= 0.6 is 0 Å². The smallest absolute Gasteiger partial charge is 0.310 e. The van der Waals surface area contributed by atoms with Crippen molar-refractivity contribution in [1.29, 1.82) is 0 Å². The molecule has 0 aliphatic carbocycles. The summed E-state index contributed by atoms with van der Waals surface area (Å²) in [7, 11) is 3.21. The van der Waals surface area contributed by atoms with Crippen LogP contribution in [0.3, 0.4) is 0 Å². The van der Waals surface area contributed by atoms with Crippen LogP contribution < -0.4 is 4.74 Å². The second-order valence-electron chi connectivity index (χ2n) is 8.44. The maximum absolute atomic E-state index is 12.5. The zero-order chi connectivity index (χ0) is 20.0. The largest absolute Gasteiger partial charge is 0.497 e. The summed E-state index contributed by atoms with van der Waals surface area (Å²) in [6.45, 7) is 0.991. The number of rotatable bonds is 4. The minimum absolute atomic E-state index is 0.00481. The van der Waals surface area contributed by atoms with Gasteiger partial charge in [0.25, 0.3) is 0 Å². The molecule has 4 heteroatoms. The molecule has 4 aliphatic heterocycles. The average molecular weight is 389 g/mol. The lowest BCUT2D eigenvalue weighted by molar-refractivity contribution is -0.153. The van der Waals surface area contributed by atoms with Gasteiger partial charge in [-0.2, -0.15) is 0 Å². The van der Waals surface area contributed by atoms with Crippen molar-refractivity contribution in [2.75, 3.05) is 20.8 Å². The molecule has 0 amide bonds. The number of carbonyl (C=O) groups excluding carboxylic acids is 1. The molecule has 4 fully saturated rings. The number of methoxy groups -OCH3 is 2. The molecule has 150 valence electrons. The Kier molecular flexibility index (Phi) is 4.67. The molecule has 0 saturated carbocycles. The van der Waals surface area contributed by atoms with Gasteiger partial charge in [-0.3, -0.25) is 9.69 Å². The molecule has 2 aromatic carbocycles. The van der Waals surface area contributed by atoms with Crippen molar-refractivity contribution < 1.29 is 14.3 Å². The number of carbonyl (C=O) groups is 1. The molecule has 4 bridgehead atoms. The van der Waals surface area contributed by atoms with E-state index in [2.05, 4.69) is 47.4 Å². The van der Waals surface area contributed by atoms with Crippen molar-refractivity contribution in [3.63, 3.8) is 0 Å². The molecule has 0 aromatic heterocycles. The highest BCUT2D eigenvalue weighted by Crippen LogP contribution is 2.50. The van der Waals surface area contributed by atoms with E-state index in [0.717, 1.165) is 30.7 Å². The summed E-state index contributed by atoms with van der Waals surface area (Å²) in [5, 5.41) is 0. The van der Waals surface area contributed by atoms with Crippen molar-refractivity contribution in [2.45, 2.75) is 31.3 Å². The summed E-state index contributed by atoms with van der Waals surface area (Å²) in [4.78, 5) is 15.1. The van der Waals surface area contributed by atoms with Crippen LogP contribution in [0.5, 0.6) is 5.75 Å². The van der Waals surface area contributed by atoms with Gasteiger partial charge in [-0.15, -0.1) is 0 Å². The molecule has 29 heavy (non-hydrogen) atoms. The van der Waals surface area contributed by atoms with Crippen molar-refractivity contribution in [1.82, 2.24) is 4.90 Å². The first-order valence-corrected chi connectivity index (χ1v) is 10.5. The van der Waals surface area contributed by atoms with Gasteiger partial charge < -0.3 is 9.47 Å². The SMILES string of the molecule is COC(=O)C1C2CC3CCC1N3C/C2=C\c1ccc(-c2cccc(OC)c2)cc1. The van der Waals surface area contributed by atoms with Crippen LogP contribution in [-0.2, 0) is 9.53 Å². The Morgan fingerprint density at radius 3 is 2.66 bits per heavy atom. The molecule has 0 N–H and O–H groups in total. The van der Waals surface area contributed by atoms with Gasteiger partial charge in [0.1, 0.15) is 5.75 Å². The lowest BCUT2D eigenvalue weighted by Gasteiger charge is -2.50. The summed E-state index contributed by atoms with van der Waals surface area (Å²) < 4.78 is 10.5. The third-order valence-corrected chi connectivity index (χ3v) is 7.05. The van der Waals surface area contributed by atoms with E-state index in [1.165, 1.54) is 30.2 Å². The standard InChI is InChI=1S/C25H27NO3/c1-28-21-5-3-4-18(13-21)17-8-6-16(7-9-17)12-19-15-26-20-10-11-23(26)24(22(19)14-20)25(27)29-2/h3-9,12-13,20,22-24H,10-11,14-15H2,1-2H3/b19-12+. The van der Waals surface area contributed by atoms with Crippen LogP contribution in [0.2, 0.25) is 0 Å². The van der Waals surface area contributed by atoms with Crippen LogP contribution in [0, 0.1) is 11.8 Å². The minimum atomic E-state index is -0.0377. The van der Waals surface area contributed by atoms with E-state index in [4.69, 9.17) is 9.47 Å². The highest BCUT2D eigenvalue weighted by molar-refractivity contribution is 5.76. The Morgan fingerprint density at radius 2 is 1.90 bits per heavy atom. The number of ether oxygens (including phenoxy) is 2. The van der Waals surface area contributed by atoms with Gasteiger partial charge in [0, 0.05) is 18.6 Å². The number of hydrogen-bond donors (Lipinski definition) is 0. The third-order valence-electron chi connectivity index (χ3n) is 7.05. The van der Waals surface area contributed by atoms with E-state index in [-0.39, 0.29) is 11.9 Å². The average Bonchev–Trinajstić information content (AvgIpc) is 3.08. The van der Waals surface area contributed by atoms with Crippen LogP contribution in [0.1, 0.15) is 24.8 Å². The van der Waals surface area contributed by atoms with E-state index in [1.54, 1.807) is 7.11 Å². The normalized spacial score (nSPS) is 31.1. The number of fused-ring (bicyclic) bond motifs is 1. The Morgan fingerprint density at radius 1 is 1.07 bits per heavy atom. The van der Waals surface area contributed by atoms with Gasteiger partial charge in [0.2, 0.25) is 0 Å². The predicted octanol–water partition coefficient (Wildman–Crippen LogP) is 4.40. The van der Waals surface area contributed by atoms with Gasteiger partial charge in [0.15, 0.2) is 0 Å².